The molecule has 0 atom stereocenters. The molecule has 0 spiro atoms. The lowest BCUT2D eigenvalue weighted by Crippen LogP contribution is -2.22. The summed E-state index contributed by atoms with van der Waals surface area (Å²) in [5.74, 6) is 3.24. The molecule has 2 aromatic rings. The van der Waals surface area contributed by atoms with Crippen LogP contribution in [0.5, 0.6) is 5.75 Å². The Kier molecular flexibility index (Phi) is 5.43. The van der Waals surface area contributed by atoms with E-state index in [9.17, 15) is 4.79 Å². The van der Waals surface area contributed by atoms with E-state index in [0.29, 0.717) is 6.54 Å². The van der Waals surface area contributed by atoms with Gasteiger partial charge in [0.2, 0.25) is 5.91 Å². The maximum atomic E-state index is 11.0. The molecule has 2 aromatic carbocycles. The van der Waals surface area contributed by atoms with Crippen molar-refractivity contribution < 1.29 is 9.53 Å². The van der Waals surface area contributed by atoms with Crippen LogP contribution < -0.4 is 10.1 Å². The van der Waals surface area contributed by atoms with E-state index >= 15 is 0 Å². The quantitative estimate of drug-likeness (QED) is 0.832. The Morgan fingerprint density at radius 3 is 2.82 bits per heavy atom. The van der Waals surface area contributed by atoms with Gasteiger partial charge in [0.25, 0.3) is 0 Å². The maximum Gasteiger partial charge on any atom is 0.216 e. The van der Waals surface area contributed by atoms with Crippen LogP contribution in [-0.4, -0.2) is 19.1 Å². The second-order valence-electron chi connectivity index (χ2n) is 5.22. The third kappa shape index (κ3) is 4.02. The van der Waals surface area contributed by atoms with E-state index in [1.807, 2.05) is 12.1 Å². The third-order valence-electron chi connectivity index (χ3n) is 3.57. The molecule has 3 nitrogen and oxygen atoms in total. The second kappa shape index (κ2) is 7.51. The van der Waals surface area contributed by atoms with Crippen molar-refractivity contribution in [2.24, 2.45) is 0 Å². The Balaban J connectivity index is 2.35. The zero-order chi connectivity index (χ0) is 15.9. The first kappa shape index (κ1) is 15.9. The molecule has 0 aromatic heterocycles. The van der Waals surface area contributed by atoms with Gasteiger partial charge in [-0.25, -0.2) is 0 Å². The predicted molar refractivity (Wildman–Crippen MR) is 90.0 cm³/mol. The Morgan fingerprint density at radius 1 is 1.32 bits per heavy atom. The van der Waals surface area contributed by atoms with Crippen molar-refractivity contribution >= 4 is 16.7 Å². The topological polar surface area (TPSA) is 38.3 Å². The highest BCUT2D eigenvalue weighted by molar-refractivity contribution is 5.88. The number of aryl methyl sites for hydroxylation is 1. The monoisotopic (exact) mass is 295 g/mol. The van der Waals surface area contributed by atoms with Crippen molar-refractivity contribution in [3.8, 4) is 18.1 Å². The molecule has 1 N–H and O–H groups in total. The number of carbonyl (C=O) groups is 1. The molecule has 0 fully saturated rings. The highest BCUT2D eigenvalue weighted by Gasteiger charge is 2.06. The number of ether oxygens (including phenoxy) is 1. The van der Waals surface area contributed by atoms with Gasteiger partial charge in [-0.15, -0.1) is 6.42 Å². The number of hydrogen-bond donors (Lipinski definition) is 1. The van der Waals surface area contributed by atoms with Gasteiger partial charge >= 0.3 is 0 Å². The van der Waals surface area contributed by atoms with E-state index in [2.05, 4.69) is 36.4 Å². The number of carbonyl (C=O) groups excluding carboxylic acids is 1. The van der Waals surface area contributed by atoms with E-state index in [-0.39, 0.29) is 12.5 Å². The van der Waals surface area contributed by atoms with Gasteiger partial charge in [0.15, 0.2) is 0 Å². The number of benzene rings is 2. The average Bonchev–Trinajstić information content (AvgIpc) is 2.52. The van der Waals surface area contributed by atoms with Crippen molar-refractivity contribution in [3.05, 3.63) is 41.5 Å². The molecule has 0 aliphatic carbocycles. The molecule has 0 bridgehead atoms. The zero-order valence-electron chi connectivity index (χ0n) is 13.1. The highest BCUT2D eigenvalue weighted by atomic mass is 16.5. The smallest absolute Gasteiger partial charge is 0.216 e. The number of fused-ring (bicyclic) bond motifs is 1. The molecule has 114 valence electrons. The molecule has 0 unspecified atom stereocenters. The van der Waals surface area contributed by atoms with Crippen molar-refractivity contribution in [1.29, 1.82) is 0 Å². The maximum absolute atomic E-state index is 11.0. The van der Waals surface area contributed by atoms with Gasteiger partial charge in [-0.05, 0) is 46.9 Å². The minimum absolute atomic E-state index is 0.00556. The van der Waals surface area contributed by atoms with Crippen molar-refractivity contribution in [3.63, 3.8) is 0 Å². The first-order valence-electron chi connectivity index (χ1n) is 7.50. The average molecular weight is 295 g/mol. The van der Waals surface area contributed by atoms with E-state index in [0.717, 1.165) is 24.0 Å². The SMILES string of the molecule is C#CCOc1ccc2cc(CC)cc(CCNC(C)=O)c2c1. The van der Waals surface area contributed by atoms with Crippen molar-refractivity contribution in [1.82, 2.24) is 5.32 Å². The van der Waals surface area contributed by atoms with Crippen molar-refractivity contribution in [2.75, 3.05) is 13.2 Å². The summed E-state index contributed by atoms with van der Waals surface area (Å²) in [4.78, 5) is 11.0. The summed E-state index contributed by atoms with van der Waals surface area (Å²) < 4.78 is 5.51. The molecule has 0 saturated heterocycles. The Hall–Kier alpha value is -2.47. The number of terminal acetylenes is 1. The third-order valence-corrected chi connectivity index (χ3v) is 3.57. The molecule has 3 heteroatoms. The van der Waals surface area contributed by atoms with Gasteiger partial charge in [0.1, 0.15) is 12.4 Å². The molecular weight excluding hydrogens is 274 g/mol. The van der Waals surface area contributed by atoms with Crippen LogP contribution in [0.3, 0.4) is 0 Å². The summed E-state index contributed by atoms with van der Waals surface area (Å²) >= 11 is 0. The van der Waals surface area contributed by atoms with Crippen molar-refractivity contribution in [2.45, 2.75) is 26.7 Å². The van der Waals surface area contributed by atoms with Gasteiger partial charge in [0.05, 0.1) is 0 Å². The highest BCUT2D eigenvalue weighted by Crippen LogP contribution is 2.26. The Morgan fingerprint density at radius 2 is 2.14 bits per heavy atom. The van der Waals surface area contributed by atoms with Crippen LogP contribution in [-0.2, 0) is 17.6 Å². The molecule has 0 aliphatic rings. The summed E-state index contributed by atoms with van der Waals surface area (Å²) in [5.41, 5.74) is 2.51. The molecule has 0 radical (unpaired) electrons. The number of hydrogen-bond acceptors (Lipinski definition) is 2. The molecule has 0 aliphatic heterocycles. The Labute approximate surface area is 131 Å². The lowest BCUT2D eigenvalue weighted by atomic mass is 9.97. The van der Waals surface area contributed by atoms with Crippen LogP contribution in [0.15, 0.2) is 30.3 Å². The molecule has 1 amide bonds. The zero-order valence-corrected chi connectivity index (χ0v) is 13.1. The molecule has 22 heavy (non-hydrogen) atoms. The lowest BCUT2D eigenvalue weighted by Gasteiger charge is -2.12. The van der Waals surface area contributed by atoms with Gasteiger partial charge in [-0.1, -0.05) is 31.0 Å². The van der Waals surface area contributed by atoms with Crippen LogP contribution in [0.25, 0.3) is 10.8 Å². The van der Waals surface area contributed by atoms with Crippen LogP contribution in [0.1, 0.15) is 25.0 Å². The van der Waals surface area contributed by atoms with Crippen LogP contribution in [0, 0.1) is 12.3 Å². The summed E-state index contributed by atoms with van der Waals surface area (Å²) in [7, 11) is 0. The largest absolute Gasteiger partial charge is 0.481 e. The summed E-state index contributed by atoms with van der Waals surface area (Å²) in [6.45, 7) is 4.57. The molecular formula is C19H21NO2. The second-order valence-corrected chi connectivity index (χ2v) is 5.22. The fraction of sp³-hybridized carbons (Fsp3) is 0.316. The standard InChI is InChI=1S/C19H21NO2/c1-4-10-22-18-7-6-16-11-15(5-2)12-17(19(16)13-18)8-9-20-14(3)21/h1,6-7,11-13H,5,8-10H2,2-3H3,(H,20,21). The number of nitrogens with one attached hydrogen (secondary N) is 1. The van der Waals surface area contributed by atoms with Gasteiger partial charge in [0, 0.05) is 13.5 Å². The molecule has 2 rings (SSSR count). The van der Waals surface area contributed by atoms with Crippen LogP contribution >= 0.6 is 0 Å². The molecule has 0 saturated carbocycles. The number of rotatable bonds is 6. The predicted octanol–water partition coefficient (Wildman–Crippen LogP) is 3.09. The summed E-state index contributed by atoms with van der Waals surface area (Å²) in [6.07, 6.45) is 7.01. The summed E-state index contributed by atoms with van der Waals surface area (Å²) in [5, 5.41) is 5.18. The van der Waals surface area contributed by atoms with E-state index in [1.165, 1.54) is 23.4 Å². The molecule has 0 heterocycles. The van der Waals surface area contributed by atoms with Crippen LogP contribution in [0.2, 0.25) is 0 Å². The first-order valence-corrected chi connectivity index (χ1v) is 7.50. The van der Waals surface area contributed by atoms with Gasteiger partial charge < -0.3 is 10.1 Å². The fourth-order valence-corrected chi connectivity index (χ4v) is 2.48. The van der Waals surface area contributed by atoms with Crippen LogP contribution in [0.4, 0.5) is 0 Å². The van der Waals surface area contributed by atoms with E-state index < -0.39 is 0 Å². The van der Waals surface area contributed by atoms with E-state index in [1.54, 1.807) is 0 Å². The fourth-order valence-electron chi connectivity index (χ4n) is 2.48. The summed E-state index contributed by atoms with van der Waals surface area (Å²) in [6, 6.07) is 10.4. The number of amides is 1. The van der Waals surface area contributed by atoms with Gasteiger partial charge in [-0.3, -0.25) is 4.79 Å². The van der Waals surface area contributed by atoms with Gasteiger partial charge in [-0.2, -0.15) is 0 Å². The minimum atomic E-state index is -0.00556. The first-order chi connectivity index (χ1) is 10.6. The Bertz CT molecular complexity index is 713. The lowest BCUT2D eigenvalue weighted by molar-refractivity contribution is -0.118. The van der Waals surface area contributed by atoms with E-state index in [4.69, 9.17) is 11.2 Å². The minimum Gasteiger partial charge on any atom is -0.481 e. The normalized spacial score (nSPS) is 10.2.